The number of hydrogen-bond donors (Lipinski definition) is 3. The average Bonchev–Trinajstić information content (AvgIpc) is 3.04. The molecule has 2 heterocycles. The summed E-state index contributed by atoms with van der Waals surface area (Å²) in [6.45, 7) is 5.33. The van der Waals surface area contributed by atoms with Gasteiger partial charge in [-0.1, -0.05) is 24.3 Å². The van der Waals surface area contributed by atoms with E-state index in [1.54, 1.807) is 32.9 Å². The van der Waals surface area contributed by atoms with E-state index in [2.05, 4.69) is 5.32 Å². The molecule has 2 aliphatic heterocycles. The molecule has 1 aromatic rings. The second kappa shape index (κ2) is 6.61. The van der Waals surface area contributed by atoms with E-state index in [0.717, 1.165) is 11.8 Å². The van der Waals surface area contributed by atoms with E-state index in [0.29, 0.717) is 24.8 Å². The molecule has 3 rings (SSSR count). The van der Waals surface area contributed by atoms with Gasteiger partial charge in [-0.3, -0.25) is 18.7 Å². The Morgan fingerprint density at radius 2 is 1.89 bits per heavy atom. The van der Waals surface area contributed by atoms with Crippen molar-refractivity contribution < 1.29 is 23.5 Å². The molecule has 3 N–H and O–H groups in total. The predicted molar refractivity (Wildman–Crippen MR) is 103 cm³/mol. The number of amides is 2. The molecule has 2 atom stereocenters. The van der Waals surface area contributed by atoms with Crippen LogP contribution in [0.25, 0.3) is 0 Å². The minimum Gasteiger partial charge on any atom is -0.344 e. The Kier molecular flexibility index (Phi) is 4.86. The van der Waals surface area contributed by atoms with Crippen LogP contribution < -0.4 is 5.32 Å². The summed E-state index contributed by atoms with van der Waals surface area (Å²) in [4.78, 5) is 35.4. The van der Waals surface area contributed by atoms with Crippen molar-refractivity contribution in [1.29, 1.82) is 0 Å². The SMILES string of the molecule is CC(C)(C)N1C(=O)CC(c2ccc(CC3(C=O)CCC(=O)N3)cc2)S1(O)O. The zero-order valence-electron chi connectivity index (χ0n) is 15.8. The highest BCUT2D eigenvalue weighted by Gasteiger charge is 2.49. The van der Waals surface area contributed by atoms with Gasteiger partial charge >= 0.3 is 0 Å². The van der Waals surface area contributed by atoms with Gasteiger partial charge in [-0.15, -0.1) is 10.8 Å². The largest absolute Gasteiger partial charge is 0.344 e. The number of hydrogen-bond acceptors (Lipinski definition) is 5. The number of carbonyl (C=O) groups excluding carboxylic acids is 3. The van der Waals surface area contributed by atoms with Gasteiger partial charge in [0, 0.05) is 12.8 Å². The molecule has 7 nitrogen and oxygen atoms in total. The minimum atomic E-state index is -3.28. The number of nitrogens with zero attached hydrogens (tertiary/aromatic N) is 1. The number of aldehydes is 1. The maximum Gasteiger partial charge on any atom is 0.243 e. The van der Waals surface area contributed by atoms with E-state index >= 15 is 0 Å². The number of carbonyl (C=O) groups is 3. The molecule has 2 amide bonds. The summed E-state index contributed by atoms with van der Waals surface area (Å²) < 4.78 is 22.7. The fourth-order valence-electron chi connectivity index (χ4n) is 3.92. The van der Waals surface area contributed by atoms with Crippen LogP contribution >= 0.6 is 10.8 Å². The Hall–Kier alpha value is -1.90. The molecule has 2 aliphatic rings. The second-order valence-electron chi connectivity index (χ2n) is 8.35. The Balaban J connectivity index is 1.81. The maximum atomic E-state index is 12.4. The van der Waals surface area contributed by atoms with Gasteiger partial charge in [0.1, 0.15) is 11.5 Å². The van der Waals surface area contributed by atoms with Gasteiger partial charge in [0.25, 0.3) is 0 Å². The lowest BCUT2D eigenvalue weighted by Gasteiger charge is -2.47. The normalized spacial score (nSPS) is 28.9. The third-order valence-electron chi connectivity index (χ3n) is 5.13. The van der Waals surface area contributed by atoms with Gasteiger partial charge in [-0.2, -0.15) is 0 Å². The average molecular weight is 394 g/mol. The van der Waals surface area contributed by atoms with Crippen LogP contribution in [0.4, 0.5) is 0 Å². The molecule has 2 fully saturated rings. The third kappa shape index (κ3) is 3.61. The Labute approximate surface area is 160 Å². The summed E-state index contributed by atoms with van der Waals surface area (Å²) in [5.74, 6) is -0.399. The highest BCUT2D eigenvalue weighted by atomic mass is 32.3. The Bertz CT molecular complexity index is 771. The van der Waals surface area contributed by atoms with Crippen molar-refractivity contribution in [3.63, 3.8) is 0 Å². The number of benzene rings is 1. The lowest BCUT2D eigenvalue weighted by atomic mass is 9.90. The fourth-order valence-corrected chi connectivity index (χ4v) is 6.25. The van der Waals surface area contributed by atoms with Crippen LogP contribution in [0.5, 0.6) is 0 Å². The van der Waals surface area contributed by atoms with Crippen LogP contribution in [0.2, 0.25) is 0 Å². The summed E-state index contributed by atoms with van der Waals surface area (Å²) in [6.07, 6.45) is 2.03. The predicted octanol–water partition coefficient (Wildman–Crippen LogP) is 2.81. The van der Waals surface area contributed by atoms with E-state index < -0.39 is 27.1 Å². The first-order valence-electron chi connectivity index (χ1n) is 8.95. The summed E-state index contributed by atoms with van der Waals surface area (Å²) in [5.41, 5.74) is -0.00812. The smallest absolute Gasteiger partial charge is 0.243 e. The molecule has 2 saturated heterocycles. The molecule has 0 aliphatic carbocycles. The quantitative estimate of drug-likeness (QED) is 0.681. The minimum absolute atomic E-state index is 0.0489. The highest BCUT2D eigenvalue weighted by molar-refractivity contribution is 8.23. The van der Waals surface area contributed by atoms with Crippen molar-refractivity contribution >= 4 is 28.9 Å². The van der Waals surface area contributed by atoms with Gasteiger partial charge < -0.3 is 10.1 Å². The molecular weight excluding hydrogens is 368 g/mol. The van der Waals surface area contributed by atoms with Crippen LogP contribution in [0.3, 0.4) is 0 Å². The summed E-state index contributed by atoms with van der Waals surface area (Å²) in [7, 11) is -3.28. The molecule has 0 aromatic heterocycles. The maximum absolute atomic E-state index is 12.4. The third-order valence-corrected chi connectivity index (χ3v) is 7.62. The molecule has 0 bridgehead atoms. The van der Waals surface area contributed by atoms with Crippen molar-refractivity contribution in [1.82, 2.24) is 9.62 Å². The fraction of sp³-hybridized carbons (Fsp3) is 0.526. The van der Waals surface area contributed by atoms with Crippen molar-refractivity contribution in [3.05, 3.63) is 35.4 Å². The van der Waals surface area contributed by atoms with Crippen LogP contribution in [-0.2, 0) is 20.8 Å². The summed E-state index contributed by atoms with van der Waals surface area (Å²) in [5, 5.41) is 2.07. The van der Waals surface area contributed by atoms with E-state index in [-0.39, 0.29) is 18.2 Å². The molecule has 0 saturated carbocycles. The van der Waals surface area contributed by atoms with Gasteiger partial charge in [-0.25, -0.2) is 4.31 Å². The van der Waals surface area contributed by atoms with Crippen molar-refractivity contribution in [2.24, 2.45) is 0 Å². The monoisotopic (exact) mass is 394 g/mol. The van der Waals surface area contributed by atoms with E-state index in [4.69, 9.17) is 0 Å². The van der Waals surface area contributed by atoms with Gasteiger partial charge in [-0.05, 0) is 38.3 Å². The number of rotatable bonds is 4. The molecular formula is C19H26N2O5S. The van der Waals surface area contributed by atoms with Crippen LogP contribution in [0.15, 0.2) is 24.3 Å². The van der Waals surface area contributed by atoms with Crippen molar-refractivity contribution in [2.45, 2.75) is 62.8 Å². The first-order valence-corrected chi connectivity index (χ1v) is 10.5. The van der Waals surface area contributed by atoms with E-state index in [9.17, 15) is 23.5 Å². The first-order chi connectivity index (χ1) is 12.5. The van der Waals surface area contributed by atoms with Gasteiger partial charge in [0.15, 0.2) is 0 Å². The zero-order chi connectivity index (χ0) is 20.0. The first kappa shape index (κ1) is 19.9. The summed E-state index contributed by atoms with van der Waals surface area (Å²) >= 11 is 0. The molecule has 0 spiro atoms. The Morgan fingerprint density at radius 1 is 1.26 bits per heavy atom. The molecule has 0 radical (unpaired) electrons. The van der Waals surface area contributed by atoms with E-state index in [1.807, 2.05) is 12.1 Å². The van der Waals surface area contributed by atoms with Crippen LogP contribution in [0.1, 0.15) is 56.4 Å². The van der Waals surface area contributed by atoms with Crippen LogP contribution in [0, 0.1) is 0 Å². The summed E-state index contributed by atoms with van der Waals surface area (Å²) in [6, 6.07) is 7.15. The zero-order valence-corrected chi connectivity index (χ0v) is 16.6. The van der Waals surface area contributed by atoms with Gasteiger partial charge in [0.2, 0.25) is 11.8 Å². The van der Waals surface area contributed by atoms with Crippen molar-refractivity contribution in [2.75, 3.05) is 0 Å². The van der Waals surface area contributed by atoms with Gasteiger partial charge in [0.05, 0.1) is 17.5 Å². The lowest BCUT2D eigenvalue weighted by molar-refractivity contribution is -0.128. The molecule has 1 aromatic carbocycles. The van der Waals surface area contributed by atoms with E-state index in [1.165, 1.54) is 4.31 Å². The molecule has 27 heavy (non-hydrogen) atoms. The standard InChI is InChI=1S/C19H26N2O5S/c1-18(2,3)21-17(24)10-15(27(21,25)26)14-6-4-13(5-7-14)11-19(12-22)9-8-16(23)20-19/h4-7,12,15,25-26H,8-11H2,1-3H3,(H,20,23). The van der Waals surface area contributed by atoms with Crippen LogP contribution in [-0.4, -0.2) is 42.6 Å². The van der Waals surface area contributed by atoms with Crippen molar-refractivity contribution in [3.8, 4) is 0 Å². The molecule has 2 unspecified atom stereocenters. The molecule has 8 heteroatoms. The molecule has 148 valence electrons. The highest BCUT2D eigenvalue weighted by Crippen LogP contribution is 2.65. The lowest BCUT2D eigenvalue weighted by Crippen LogP contribution is -2.45. The second-order valence-corrected chi connectivity index (χ2v) is 10.4. The number of nitrogens with one attached hydrogen (secondary N) is 1. The topological polar surface area (TPSA) is 107 Å². The Morgan fingerprint density at radius 3 is 2.33 bits per heavy atom.